The maximum Gasteiger partial charge on any atom is 0.336 e. The van der Waals surface area contributed by atoms with E-state index in [-0.39, 0.29) is 0 Å². The summed E-state index contributed by atoms with van der Waals surface area (Å²) in [6.07, 6.45) is 1.09. The molecule has 0 spiro atoms. The van der Waals surface area contributed by atoms with Gasteiger partial charge < -0.3 is 10.8 Å². The Morgan fingerprint density at radius 3 is 2.81 bits per heavy atom. The number of hydrogen-bond acceptors (Lipinski definition) is 3. The van der Waals surface area contributed by atoms with Crippen molar-refractivity contribution in [2.75, 3.05) is 11.5 Å². The highest BCUT2D eigenvalue weighted by molar-refractivity contribution is 7.99. The Morgan fingerprint density at radius 2 is 2.25 bits per heavy atom. The van der Waals surface area contributed by atoms with Crippen LogP contribution >= 0.6 is 11.8 Å². The summed E-state index contributed by atoms with van der Waals surface area (Å²) in [6, 6.07) is 5.01. The number of anilines is 1. The van der Waals surface area contributed by atoms with Crippen LogP contribution < -0.4 is 5.73 Å². The van der Waals surface area contributed by atoms with E-state index in [0.29, 0.717) is 22.1 Å². The molecule has 1 unspecified atom stereocenters. The number of hydrogen-bond donors (Lipinski definition) is 2. The van der Waals surface area contributed by atoms with Crippen LogP contribution in [-0.4, -0.2) is 16.8 Å². The predicted molar refractivity (Wildman–Crippen MR) is 68.0 cm³/mol. The predicted octanol–water partition coefficient (Wildman–Crippen LogP) is 3.11. The summed E-state index contributed by atoms with van der Waals surface area (Å²) >= 11 is 1.53. The second-order valence-electron chi connectivity index (χ2n) is 3.85. The molecule has 88 valence electrons. The van der Waals surface area contributed by atoms with Crippen LogP contribution in [0.15, 0.2) is 23.1 Å². The number of thioether (sulfide) groups is 1. The minimum atomic E-state index is -0.918. The molecule has 3 nitrogen and oxygen atoms in total. The maximum absolute atomic E-state index is 11.0. The van der Waals surface area contributed by atoms with E-state index in [9.17, 15) is 4.79 Å². The lowest BCUT2D eigenvalue weighted by molar-refractivity contribution is 0.0693. The van der Waals surface area contributed by atoms with Crippen LogP contribution in [0.25, 0.3) is 0 Å². The minimum Gasteiger partial charge on any atom is -0.478 e. The first kappa shape index (κ1) is 12.9. The molecule has 0 aliphatic heterocycles. The highest BCUT2D eigenvalue weighted by Gasteiger charge is 2.13. The summed E-state index contributed by atoms with van der Waals surface area (Å²) in [5, 5.41) is 9.04. The van der Waals surface area contributed by atoms with Crippen molar-refractivity contribution < 1.29 is 9.90 Å². The monoisotopic (exact) mass is 239 g/mol. The molecular formula is C12H17NO2S. The van der Waals surface area contributed by atoms with Gasteiger partial charge >= 0.3 is 5.97 Å². The fourth-order valence-electron chi connectivity index (χ4n) is 1.23. The molecule has 0 saturated carbocycles. The molecule has 1 rings (SSSR count). The molecule has 1 aromatic rings. The van der Waals surface area contributed by atoms with E-state index in [1.54, 1.807) is 18.2 Å². The molecule has 0 aromatic heterocycles. The number of nitrogen functional groups attached to an aromatic ring is 1. The van der Waals surface area contributed by atoms with Crippen LogP contribution in [0.4, 0.5) is 5.69 Å². The van der Waals surface area contributed by atoms with Gasteiger partial charge in [-0.2, -0.15) is 0 Å². The Hall–Kier alpha value is -1.16. The summed E-state index contributed by atoms with van der Waals surface area (Å²) < 4.78 is 0. The highest BCUT2D eigenvalue weighted by Crippen LogP contribution is 2.30. The Bertz CT molecular complexity index is 379. The maximum atomic E-state index is 11.0. The lowest BCUT2D eigenvalue weighted by Crippen LogP contribution is -2.04. The van der Waals surface area contributed by atoms with Gasteiger partial charge in [0, 0.05) is 16.3 Å². The topological polar surface area (TPSA) is 63.3 Å². The number of carbonyl (C=O) groups is 1. The molecule has 4 heteroatoms. The van der Waals surface area contributed by atoms with E-state index < -0.39 is 5.97 Å². The van der Waals surface area contributed by atoms with Crippen molar-refractivity contribution in [1.29, 1.82) is 0 Å². The van der Waals surface area contributed by atoms with Crippen molar-refractivity contribution in [3.8, 4) is 0 Å². The highest BCUT2D eigenvalue weighted by atomic mass is 32.2. The Kier molecular flexibility index (Phi) is 4.68. The molecule has 0 aliphatic rings. The second kappa shape index (κ2) is 5.80. The van der Waals surface area contributed by atoms with Gasteiger partial charge in [-0.15, -0.1) is 11.8 Å². The average Bonchev–Trinajstić information content (AvgIpc) is 2.26. The van der Waals surface area contributed by atoms with Crippen molar-refractivity contribution in [2.45, 2.75) is 25.2 Å². The smallest absolute Gasteiger partial charge is 0.336 e. The number of carboxylic acids is 1. The van der Waals surface area contributed by atoms with Gasteiger partial charge in [0.2, 0.25) is 0 Å². The van der Waals surface area contributed by atoms with E-state index in [0.717, 1.165) is 12.2 Å². The Morgan fingerprint density at radius 1 is 1.56 bits per heavy atom. The van der Waals surface area contributed by atoms with Crippen LogP contribution in [0.1, 0.15) is 30.6 Å². The summed E-state index contributed by atoms with van der Waals surface area (Å²) in [5.41, 5.74) is 6.65. The third-order valence-electron chi connectivity index (χ3n) is 2.49. The van der Waals surface area contributed by atoms with Gasteiger partial charge in [-0.05, 0) is 18.1 Å². The van der Waals surface area contributed by atoms with Gasteiger partial charge in [0.15, 0.2) is 0 Å². The normalized spacial score (nSPS) is 12.4. The molecule has 16 heavy (non-hydrogen) atoms. The van der Waals surface area contributed by atoms with Crippen LogP contribution in [0, 0.1) is 5.92 Å². The zero-order valence-corrected chi connectivity index (χ0v) is 10.4. The zero-order valence-electron chi connectivity index (χ0n) is 9.56. The second-order valence-corrected chi connectivity index (χ2v) is 4.88. The van der Waals surface area contributed by atoms with Crippen LogP contribution in [0.2, 0.25) is 0 Å². The van der Waals surface area contributed by atoms with Gasteiger partial charge in [-0.25, -0.2) is 4.79 Å². The van der Waals surface area contributed by atoms with Gasteiger partial charge in [0.1, 0.15) is 0 Å². The first-order chi connectivity index (χ1) is 7.56. The van der Waals surface area contributed by atoms with Crippen LogP contribution in [0.3, 0.4) is 0 Å². The largest absolute Gasteiger partial charge is 0.478 e. The van der Waals surface area contributed by atoms with Crippen molar-refractivity contribution in [3.63, 3.8) is 0 Å². The van der Waals surface area contributed by atoms with Crippen molar-refractivity contribution >= 4 is 23.4 Å². The van der Waals surface area contributed by atoms with E-state index in [1.807, 2.05) is 0 Å². The molecule has 0 saturated heterocycles. The third kappa shape index (κ3) is 3.17. The quantitative estimate of drug-likeness (QED) is 0.612. The fraction of sp³-hybridized carbons (Fsp3) is 0.417. The molecule has 1 aromatic carbocycles. The van der Waals surface area contributed by atoms with E-state index in [1.165, 1.54) is 11.8 Å². The lowest BCUT2D eigenvalue weighted by atomic mass is 10.2. The zero-order chi connectivity index (χ0) is 12.1. The van der Waals surface area contributed by atoms with Gasteiger partial charge in [-0.3, -0.25) is 0 Å². The van der Waals surface area contributed by atoms with E-state index >= 15 is 0 Å². The Labute approximate surface area is 100 Å². The summed E-state index contributed by atoms with van der Waals surface area (Å²) in [6.45, 7) is 4.27. The number of nitrogens with two attached hydrogens (primary N) is 1. The van der Waals surface area contributed by atoms with Crippen molar-refractivity contribution in [3.05, 3.63) is 23.8 Å². The van der Waals surface area contributed by atoms with E-state index in [2.05, 4.69) is 13.8 Å². The standard InChI is InChI=1S/C12H17NO2S/c1-3-8(2)7-16-11-9(12(14)15)5-4-6-10(11)13/h4-6,8H,3,7,13H2,1-2H3,(H,14,15). The molecule has 0 fully saturated rings. The molecule has 0 aliphatic carbocycles. The summed E-state index contributed by atoms with van der Waals surface area (Å²) in [5.74, 6) is 0.538. The molecule has 3 N–H and O–H groups in total. The average molecular weight is 239 g/mol. The SMILES string of the molecule is CCC(C)CSc1c(N)cccc1C(=O)O. The fourth-order valence-corrected chi connectivity index (χ4v) is 2.46. The number of aromatic carboxylic acids is 1. The van der Waals surface area contributed by atoms with Gasteiger partial charge in [-0.1, -0.05) is 26.3 Å². The van der Waals surface area contributed by atoms with Crippen molar-refractivity contribution in [2.24, 2.45) is 5.92 Å². The molecule has 1 atom stereocenters. The molecule has 0 radical (unpaired) electrons. The number of carboxylic acid groups (broad SMARTS) is 1. The Balaban J connectivity index is 2.88. The van der Waals surface area contributed by atoms with Crippen molar-refractivity contribution in [1.82, 2.24) is 0 Å². The van der Waals surface area contributed by atoms with E-state index in [4.69, 9.17) is 10.8 Å². The van der Waals surface area contributed by atoms with Crippen LogP contribution in [0.5, 0.6) is 0 Å². The minimum absolute atomic E-state index is 0.299. The molecule has 0 heterocycles. The molecular weight excluding hydrogens is 222 g/mol. The third-order valence-corrected chi connectivity index (χ3v) is 3.97. The van der Waals surface area contributed by atoms with Gasteiger partial charge in [0.25, 0.3) is 0 Å². The number of benzene rings is 1. The molecule has 0 amide bonds. The lowest BCUT2D eigenvalue weighted by Gasteiger charge is -2.11. The van der Waals surface area contributed by atoms with Gasteiger partial charge in [0.05, 0.1) is 5.56 Å². The first-order valence-corrected chi connectivity index (χ1v) is 6.29. The molecule has 0 bridgehead atoms. The van der Waals surface area contributed by atoms with Crippen LogP contribution in [-0.2, 0) is 0 Å². The first-order valence-electron chi connectivity index (χ1n) is 5.30. The number of rotatable bonds is 5. The summed E-state index contributed by atoms with van der Waals surface area (Å²) in [4.78, 5) is 11.7. The summed E-state index contributed by atoms with van der Waals surface area (Å²) in [7, 11) is 0.